The molecule has 1 aliphatic carbocycles. The second-order valence-electron chi connectivity index (χ2n) is 4.12. The van der Waals surface area contributed by atoms with Gasteiger partial charge in [0, 0.05) is 19.3 Å². The van der Waals surface area contributed by atoms with Crippen LogP contribution >= 0.6 is 0 Å². The smallest absolute Gasteiger partial charge is 0.271 e. The van der Waals surface area contributed by atoms with Crippen LogP contribution in [0.3, 0.4) is 0 Å². The third-order valence-electron chi connectivity index (χ3n) is 2.57. The molecule has 0 atom stereocenters. The van der Waals surface area contributed by atoms with Gasteiger partial charge in [-0.05, 0) is 31.2 Å². The molecular weight excluding hydrogens is 190 g/mol. The molecule has 1 aromatic heterocycles. The van der Waals surface area contributed by atoms with Gasteiger partial charge < -0.3 is 5.32 Å². The predicted octanol–water partition coefficient (Wildman–Crippen LogP) is 1.43. The standard InChI is InChI=1S/C11H17N3O/c1-2-6-14-7-5-10(13-14)11(15)12-8-9-3-4-9/h5,7,9H,2-4,6,8H2,1H3,(H,12,15). The monoisotopic (exact) mass is 207 g/mol. The van der Waals surface area contributed by atoms with Gasteiger partial charge in [0.15, 0.2) is 0 Å². The van der Waals surface area contributed by atoms with Gasteiger partial charge in [-0.25, -0.2) is 0 Å². The zero-order valence-electron chi connectivity index (χ0n) is 9.07. The number of rotatable bonds is 5. The molecule has 1 N–H and O–H groups in total. The highest BCUT2D eigenvalue weighted by Gasteiger charge is 2.22. The van der Waals surface area contributed by atoms with E-state index in [1.165, 1.54) is 12.8 Å². The molecule has 0 bridgehead atoms. The van der Waals surface area contributed by atoms with Crippen molar-refractivity contribution in [2.45, 2.75) is 32.7 Å². The number of aromatic nitrogens is 2. The highest BCUT2D eigenvalue weighted by atomic mass is 16.1. The maximum Gasteiger partial charge on any atom is 0.271 e. The van der Waals surface area contributed by atoms with Crippen LogP contribution in [-0.2, 0) is 6.54 Å². The third-order valence-corrected chi connectivity index (χ3v) is 2.57. The first-order chi connectivity index (χ1) is 7.29. The summed E-state index contributed by atoms with van der Waals surface area (Å²) in [6.07, 6.45) is 5.40. The van der Waals surface area contributed by atoms with Crippen molar-refractivity contribution in [1.29, 1.82) is 0 Å². The number of aryl methyl sites for hydroxylation is 1. The lowest BCUT2D eigenvalue weighted by Gasteiger charge is -2.00. The molecule has 0 radical (unpaired) electrons. The molecule has 0 aliphatic heterocycles. The Morgan fingerprint density at radius 2 is 2.47 bits per heavy atom. The number of amides is 1. The van der Waals surface area contributed by atoms with Gasteiger partial charge in [0.25, 0.3) is 5.91 Å². The van der Waals surface area contributed by atoms with Gasteiger partial charge in [-0.3, -0.25) is 9.48 Å². The van der Waals surface area contributed by atoms with Gasteiger partial charge in [-0.2, -0.15) is 5.10 Å². The summed E-state index contributed by atoms with van der Waals surface area (Å²) in [5.41, 5.74) is 0.532. The molecule has 82 valence electrons. The Labute approximate surface area is 89.7 Å². The number of carbonyl (C=O) groups excluding carboxylic acids is 1. The largest absolute Gasteiger partial charge is 0.350 e. The molecule has 4 nitrogen and oxygen atoms in total. The molecule has 1 aliphatic rings. The fourth-order valence-corrected chi connectivity index (χ4v) is 1.49. The Kier molecular flexibility index (Phi) is 3.04. The SMILES string of the molecule is CCCn1ccc(C(=O)NCC2CC2)n1. The van der Waals surface area contributed by atoms with Gasteiger partial charge in [-0.1, -0.05) is 6.92 Å². The van der Waals surface area contributed by atoms with Crippen LogP contribution in [0.1, 0.15) is 36.7 Å². The summed E-state index contributed by atoms with van der Waals surface area (Å²) >= 11 is 0. The van der Waals surface area contributed by atoms with Crippen molar-refractivity contribution >= 4 is 5.91 Å². The van der Waals surface area contributed by atoms with Crippen molar-refractivity contribution in [1.82, 2.24) is 15.1 Å². The van der Waals surface area contributed by atoms with Gasteiger partial charge in [0.1, 0.15) is 5.69 Å². The lowest BCUT2D eigenvalue weighted by atomic mass is 10.3. The summed E-state index contributed by atoms with van der Waals surface area (Å²) in [6.45, 7) is 3.77. The van der Waals surface area contributed by atoms with Crippen molar-refractivity contribution in [3.05, 3.63) is 18.0 Å². The second-order valence-corrected chi connectivity index (χ2v) is 4.12. The lowest BCUT2D eigenvalue weighted by Crippen LogP contribution is -2.26. The summed E-state index contributed by atoms with van der Waals surface area (Å²) in [5, 5.41) is 7.10. The quantitative estimate of drug-likeness (QED) is 0.794. The maximum absolute atomic E-state index is 11.6. The molecule has 2 rings (SSSR count). The molecular formula is C11H17N3O. The Morgan fingerprint density at radius 3 is 3.13 bits per heavy atom. The third kappa shape index (κ3) is 2.81. The van der Waals surface area contributed by atoms with E-state index < -0.39 is 0 Å². The van der Waals surface area contributed by atoms with E-state index in [4.69, 9.17) is 0 Å². The van der Waals surface area contributed by atoms with E-state index in [-0.39, 0.29) is 5.91 Å². The van der Waals surface area contributed by atoms with Crippen LogP contribution < -0.4 is 5.32 Å². The van der Waals surface area contributed by atoms with E-state index in [1.54, 1.807) is 6.07 Å². The fraction of sp³-hybridized carbons (Fsp3) is 0.636. The van der Waals surface area contributed by atoms with Crippen molar-refractivity contribution in [3.63, 3.8) is 0 Å². The average Bonchev–Trinajstić information content (AvgIpc) is 2.94. The molecule has 15 heavy (non-hydrogen) atoms. The minimum Gasteiger partial charge on any atom is -0.350 e. The Hall–Kier alpha value is -1.32. The summed E-state index contributed by atoms with van der Waals surface area (Å²) in [5.74, 6) is 0.670. The molecule has 1 saturated carbocycles. The van der Waals surface area contributed by atoms with Crippen LogP contribution in [0.2, 0.25) is 0 Å². The fourth-order valence-electron chi connectivity index (χ4n) is 1.49. The Morgan fingerprint density at radius 1 is 1.67 bits per heavy atom. The van der Waals surface area contributed by atoms with Crippen LogP contribution in [0.4, 0.5) is 0 Å². The summed E-state index contributed by atoms with van der Waals surface area (Å²) in [4.78, 5) is 11.6. The van der Waals surface area contributed by atoms with Crippen molar-refractivity contribution in [2.75, 3.05) is 6.54 Å². The number of hydrogen-bond acceptors (Lipinski definition) is 2. The summed E-state index contributed by atoms with van der Waals surface area (Å²) in [7, 11) is 0. The minimum atomic E-state index is -0.0447. The Balaban J connectivity index is 1.86. The number of nitrogens with one attached hydrogen (secondary N) is 1. The highest BCUT2D eigenvalue weighted by Crippen LogP contribution is 2.27. The van der Waals surface area contributed by atoms with E-state index >= 15 is 0 Å². The molecule has 0 spiro atoms. The van der Waals surface area contributed by atoms with Gasteiger partial charge in [-0.15, -0.1) is 0 Å². The van der Waals surface area contributed by atoms with Crippen molar-refractivity contribution in [3.8, 4) is 0 Å². The van der Waals surface area contributed by atoms with Crippen LogP contribution in [0.25, 0.3) is 0 Å². The molecule has 1 aromatic rings. The number of nitrogens with zero attached hydrogens (tertiary/aromatic N) is 2. The van der Waals surface area contributed by atoms with E-state index in [0.29, 0.717) is 11.6 Å². The lowest BCUT2D eigenvalue weighted by molar-refractivity contribution is 0.0946. The van der Waals surface area contributed by atoms with Crippen LogP contribution in [-0.4, -0.2) is 22.2 Å². The van der Waals surface area contributed by atoms with E-state index in [0.717, 1.165) is 19.5 Å². The maximum atomic E-state index is 11.6. The van der Waals surface area contributed by atoms with Crippen molar-refractivity contribution < 1.29 is 4.79 Å². The van der Waals surface area contributed by atoms with Crippen LogP contribution in [0, 0.1) is 5.92 Å². The zero-order valence-corrected chi connectivity index (χ0v) is 9.07. The van der Waals surface area contributed by atoms with Gasteiger partial charge >= 0.3 is 0 Å². The zero-order chi connectivity index (χ0) is 10.7. The van der Waals surface area contributed by atoms with E-state index in [9.17, 15) is 4.79 Å². The molecule has 1 amide bonds. The Bertz CT molecular complexity index is 341. The molecule has 0 aromatic carbocycles. The summed E-state index contributed by atoms with van der Waals surface area (Å²) in [6, 6.07) is 1.78. The van der Waals surface area contributed by atoms with Crippen LogP contribution in [0.5, 0.6) is 0 Å². The van der Waals surface area contributed by atoms with Crippen LogP contribution in [0.15, 0.2) is 12.3 Å². The van der Waals surface area contributed by atoms with Gasteiger partial charge in [0.05, 0.1) is 0 Å². The normalized spacial score (nSPS) is 15.3. The molecule has 0 saturated heterocycles. The second kappa shape index (κ2) is 4.47. The first kappa shape index (κ1) is 10.2. The predicted molar refractivity (Wildman–Crippen MR) is 57.6 cm³/mol. The molecule has 1 fully saturated rings. The highest BCUT2D eigenvalue weighted by molar-refractivity contribution is 5.92. The molecule has 4 heteroatoms. The van der Waals surface area contributed by atoms with E-state index in [2.05, 4.69) is 17.3 Å². The molecule has 1 heterocycles. The first-order valence-electron chi connectivity index (χ1n) is 5.61. The van der Waals surface area contributed by atoms with Gasteiger partial charge in [0.2, 0.25) is 0 Å². The topological polar surface area (TPSA) is 46.9 Å². The van der Waals surface area contributed by atoms with E-state index in [1.807, 2.05) is 10.9 Å². The first-order valence-corrected chi connectivity index (χ1v) is 5.61. The summed E-state index contributed by atoms with van der Waals surface area (Å²) < 4.78 is 1.81. The number of carbonyl (C=O) groups is 1. The molecule has 0 unspecified atom stereocenters. The minimum absolute atomic E-state index is 0.0447. The number of hydrogen-bond donors (Lipinski definition) is 1. The van der Waals surface area contributed by atoms with Crippen molar-refractivity contribution in [2.24, 2.45) is 5.92 Å². The average molecular weight is 207 g/mol.